The third kappa shape index (κ3) is 5.52. The van der Waals surface area contributed by atoms with Crippen molar-refractivity contribution in [3.8, 4) is 0 Å². The molecule has 41 heavy (non-hydrogen) atoms. The quantitative estimate of drug-likeness (QED) is 0.299. The van der Waals surface area contributed by atoms with Crippen molar-refractivity contribution in [1.29, 1.82) is 0 Å². The van der Waals surface area contributed by atoms with Crippen LogP contribution < -0.4 is 10.2 Å². The van der Waals surface area contributed by atoms with Crippen molar-refractivity contribution in [2.24, 2.45) is 0 Å². The molecule has 0 saturated carbocycles. The van der Waals surface area contributed by atoms with Crippen LogP contribution in [0.3, 0.4) is 0 Å². The fraction of sp³-hybridized carbons (Fsp3) is 0.290. The van der Waals surface area contributed by atoms with Crippen molar-refractivity contribution in [1.82, 2.24) is 14.9 Å². The van der Waals surface area contributed by atoms with Gasteiger partial charge in [0, 0.05) is 74.2 Å². The standard InChI is InChI=1S/C31H30F3N5O2/c1-30(11-8-28(41-30)21-9-12-35-13-10-21)29(40)37-26-18-23(31(32,33)34)6-7-27(26)39-16-14-38(15-17-39)20-22-19-36-25-5-3-2-4-24(22)25/h2-10,12-13,18-19,36H,11,14-17,20H2,1H3,(H,37,40). The predicted octanol–water partition coefficient (Wildman–Crippen LogP) is 6.06. The van der Waals surface area contributed by atoms with Crippen LogP contribution in [0.15, 0.2) is 79.3 Å². The number of carbonyl (C=O) groups excluding carboxylic acids is 1. The third-order valence-corrected chi connectivity index (χ3v) is 7.81. The minimum atomic E-state index is -4.54. The second-order valence-corrected chi connectivity index (χ2v) is 10.6. The molecule has 2 aromatic heterocycles. The summed E-state index contributed by atoms with van der Waals surface area (Å²) in [7, 11) is 0. The van der Waals surface area contributed by atoms with Crippen molar-refractivity contribution >= 4 is 33.9 Å². The molecule has 0 bridgehead atoms. The van der Waals surface area contributed by atoms with E-state index in [4.69, 9.17) is 4.74 Å². The number of anilines is 2. The number of hydrogen-bond donors (Lipinski definition) is 2. The first-order valence-electron chi connectivity index (χ1n) is 13.5. The topological polar surface area (TPSA) is 73.5 Å². The summed E-state index contributed by atoms with van der Waals surface area (Å²) in [5, 5.41) is 3.96. The monoisotopic (exact) mass is 561 g/mol. The number of aromatic amines is 1. The molecule has 0 spiro atoms. The maximum absolute atomic E-state index is 13.7. The lowest BCUT2D eigenvalue weighted by atomic mass is 10.0. The number of nitrogens with one attached hydrogen (secondary N) is 2. The van der Waals surface area contributed by atoms with Crippen molar-refractivity contribution in [3.63, 3.8) is 0 Å². The number of para-hydroxylation sites is 1. The van der Waals surface area contributed by atoms with E-state index in [-0.39, 0.29) is 12.1 Å². The molecule has 4 heterocycles. The Hall–Kier alpha value is -4.31. The normalized spacial score (nSPS) is 19.7. The van der Waals surface area contributed by atoms with Crippen molar-refractivity contribution in [2.45, 2.75) is 31.7 Å². The molecular formula is C31H30F3N5O2. The summed E-state index contributed by atoms with van der Waals surface area (Å²) < 4.78 is 47.0. The zero-order valence-electron chi connectivity index (χ0n) is 22.5. The maximum atomic E-state index is 13.7. The molecule has 4 aromatic rings. The Bertz CT molecular complexity index is 1590. The van der Waals surface area contributed by atoms with E-state index in [1.165, 1.54) is 17.0 Å². The van der Waals surface area contributed by atoms with Crippen molar-refractivity contribution < 1.29 is 22.7 Å². The lowest BCUT2D eigenvalue weighted by Gasteiger charge is -2.37. The second-order valence-electron chi connectivity index (χ2n) is 10.6. The lowest BCUT2D eigenvalue weighted by Crippen LogP contribution is -2.46. The number of rotatable bonds is 6. The highest BCUT2D eigenvalue weighted by molar-refractivity contribution is 6.01. The summed E-state index contributed by atoms with van der Waals surface area (Å²) in [5.74, 6) is 0.0389. The van der Waals surface area contributed by atoms with Gasteiger partial charge in [-0.15, -0.1) is 0 Å². The van der Waals surface area contributed by atoms with Crippen LogP contribution in [-0.2, 0) is 22.3 Å². The van der Waals surface area contributed by atoms with E-state index in [1.54, 1.807) is 31.5 Å². The molecule has 1 unspecified atom stereocenters. The highest BCUT2D eigenvalue weighted by atomic mass is 19.4. The minimum absolute atomic E-state index is 0.122. The number of fused-ring (bicyclic) bond motifs is 1. The fourth-order valence-corrected chi connectivity index (χ4v) is 5.44. The average molecular weight is 562 g/mol. The van der Waals surface area contributed by atoms with E-state index < -0.39 is 23.2 Å². The van der Waals surface area contributed by atoms with Gasteiger partial charge in [0.15, 0.2) is 5.60 Å². The first-order valence-corrected chi connectivity index (χ1v) is 13.5. The van der Waals surface area contributed by atoms with Gasteiger partial charge in [-0.2, -0.15) is 13.2 Å². The van der Waals surface area contributed by atoms with E-state index in [2.05, 4.69) is 26.3 Å². The summed E-state index contributed by atoms with van der Waals surface area (Å²) in [6.45, 7) is 5.10. The molecule has 7 nitrogen and oxygen atoms in total. The van der Waals surface area contributed by atoms with Gasteiger partial charge in [0.25, 0.3) is 5.91 Å². The summed E-state index contributed by atoms with van der Waals surface area (Å²) in [6, 6.07) is 15.2. The van der Waals surface area contributed by atoms with Crippen molar-refractivity contribution in [2.75, 3.05) is 36.4 Å². The van der Waals surface area contributed by atoms with Crippen LogP contribution in [0.25, 0.3) is 16.7 Å². The molecule has 0 radical (unpaired) electrons. The third-order valence-electron chi connectivity index (χ3n) is 7.81. The highest BCUT2D eigenvalue weighted by Gasteiger charge is 2.40. The fourth-order valence-electron chi connectivity index (χ4n) is 5.44. The zero-order valence-corrected chi connectivity index (χ0v) is 22.5. The zero-order chi connectivity index (χ0) is 28.6. The number of benzene rings is 2. The highest BCUT2D eigenvalue weighted by Crippen LogP contribution is 2.38. The predicted molar refractivity (Wildman–Crippen MR) is 152 cm³/mol. The van der Waals surface area contributed by atoms with E-state index in [0.29, 0.717) is 24.5 Å². The van der Waals surface area contributed by atoms with Crippen LogP contribution in [0, 0.1) is 0 Å². The van der Waals surface area contributed by atoms with Crippen LogP contribution in [0.2, 0.25) is 0 Å². The molecule has 6 rings (SSSR count). The molecular weight excluding hydrogens is 531 g/mol. The van der Waals surface area contributed by atoms with Gasteiger partial charge in [0.05, 0.1) is 16.9 Å². The maximum Gasteiger partial charge on any atom is 0.416 e. The number of aromatic nitrogens is 2. The van der Waals surface area contributed by atoms with Crippen LogP contribution in [0.4, 0.5) is 24.5 Å². The largest absolute Gasteiger partial charge is 0.477 e. The average Bonchev–Trinajstić information content (AvgIpc) is 3.58. The molecule has 2 aliphatic rings. The van der Waals surface area contributed by atoms with E-state index in [9.17, 15) is 18.0 Å². The number of pyridine rings is 1. The summed E-state index contributed by atoms with van der Waals surface area (Å²) in [5.41, 5.74) is 1.68. The van der Waals surface area contributed by atoms with Gasteiger partial charge in [-0.25, -0.2) is 0 Å². The molecule has 1 amide bonds. The van der Waals surface area contributed by atoms with Crippen LogP contribution in [0.5, 0.6) is 0 Å². The Balaban J connectivity index is 1.17. The summed E-state index contributed by atoms with van der Waals surface area (Å²) in [6.07, 6.45) is 2.85. The Kier molecular flexibility index (Phi) is 6.94. The molecule has 2 aliphatic heterocycles. The SMILES string of the molecule is CC1(C(=O)Nc2cc(C(F)(F)F)ccc2N2CCN(Cc3c[nH]c4ccccc34)CC2)CC=C(c2ccncc2)O1. The summed E-state index contributed by atoms with van der Waals surface area (Å²) in [4.78, 5) is 25.1. The number of nitrogens with zero attached hydrogens (tertiary/aromatic N) is 3. The first kappa shape index (κ1) is 26.9. The molecule has 0 aliphatic carbocycles. The van der Waals surface area contributed by atoms with Crippen LogP contribution >= 0.6 is 0 Å². The Morgan fingerprint density at radius 2 is 1.83 bits per heavy atom. The Morgan fingerprint density at radius 3 is 2.59 bits per heavy atom. The summed E-state index contributed by atoms with van der Waals surface area (Å²) >= 11 is 0. The van der Waals surface area contributed by atoms with E-state index >= 15 is 0 Å². The number of alkyl halides is 3. The van der Waals surface area contributed by atoms with Gasteiger partial charge in [0.1, 0.15) is 5.76 Å². The van der Waals surface area contributed by atoms with Gasteiger partial charge in [-0.3, -0.25) is 14.7 Å². The number of ether oxygens (including phenoxy) is 1. The number of carbonyl (C=O) groups is 1. The van der Waals surface area contributed by atoms with Gasteiger partial charge in [0.2, 0.25) is 0 Å². The van der Waals surface area contributed by atoms with Gasteiger partial charge in [-0.05, 0) is 55.0 Å². The van der Waals surface area contributed by atoms with E-state index in [1.807, 2.05) is 35.4 Å². The number of H-pyrrole nitrogens is 1. The lowest BCUT2D eigenvalue weighted by molar-refractivity contribution is -0.137. The van der Waals surface area contributed by atoms with Crippen LogP contribution in [-0.4, -0.2) is 52.6 Å². The number of halogens is 3. The molecule has 2 N–H and O–H groups in total. The van der Waals surface area contributed by atoms with Crippen LogP contribution in [0.1, 0.15) is 30.0 Å². The second kappa shape index (κ2) is 10.6. The van der Waals surface area contributed by atoms with Gasteiger partial charge >= 0.3 is 6.18 Å². The smallest absolute Gasteiger partial charge is 0.416 e. The van der Waals surface area contributed by atoms with Gasteiger partial charge < -0.3 is 19.9 Å². The van der Waals surface area contributed by atoms with E-state index in [0.717, 1.165) is 42.8 Å². The Morgan fingerprint density at radius 1 is 1.07 bits per heavy atom. The Labute approximate surface area is 235 Å². The molecule has 212 valence electrons. The molecule has 1 atom stereocenters. The van der Waals surface area contributed by atoms with Crippen molar-refractivity contribution in [3.05, 3.63) is 96.0 Å². The first-order chi connectivity index (χ1) is 19.7. The number of amides is 1. The van der Waals surface area contributed by atoms with Gasteiger partial charge in [-0.1, -0.05) is 18.2 Å². The molecule has 2 aromatic carbocycles. The number of piperazine rings is 1. The minimum Gasteiger partial charge on any atom is -0.477 e. The molecule has 10 heteroatoms. The number of hydrogen-bond acceptors (Lipinski definition) is 5. The molecule has 1 saturated heterocycles. The molecule has 1 fully saturated rings.